The number of anilines is 1. The molecule has 0 bridgehead atoms. The molecule has 4 N–H and O–H groups in total. The van der Waals surface area contributed by atoms with Crippen LogP contribution in [-0.4, -0.2) is 28.6 Å². The number of aliphatic hydroxyl groups is 1. The second kappa shape index (κ2) is 7.33. The number of carbonyl (C=O) groups is 1. The zero-order valence-corrected chi connectivity index (χ0v) is 11.7. The predicted molar refractivity (Wildman–Crippen MR) is 73.3 cm³/mol. The minimum atomic E-state index is -0.482. The Morgan fingerprint density at radius 3 is 2.72 bits per heavy atom. The van der Waals surface area contributed by atoms with E-state index in [9.17, 15) is 9.90 Å². The Morgan fingerprint density at radius 1 is 1.56 bits per heavy atom. The molecule has 0 aliphatic carbocycles. The van der Waals surface area contributed by atoms with Gasteiger partial charge in [-0.2, -0.15) is 0 Å². The van der Waals surface area contributed by atoms with Crippen molar-refractivity contribution in [3.05, 3.63) is 11.1 Å². The fourth-order valence-corrected chi connectivity index (χ4v) is 2.41. The molecule has 0 radical (unpaired) electrons. The van der Waals surface area contributed by atoms with Gasteiger partial charge in [-0.25, -0.2) is 4.98 Å². The van der Waals surface area contributed by atoms with Gasteiger partial charge in [0.1, 0.15) is 0 Å². The molecule has 0 aliphatic heterocycles. The van der Waals surface area contributed by atoms with E-state index in [1.165, 1.54) is 11.3 Å². The van der Waals surface area contributed by atoms with Crippen molar-refractivity contribution in [2.45, 2.75) is 39.2 Å². The molecule has 0 spiro atoms. The summed E-state index contributed by atoms with van der Waals surface area (Å²) in [5.41, 5.74) is 6.16. The Hall–Kier alpha value is -1.14. The largest absolute Gasteiger partial charge is 0.391 e. The molecule has 1 heterocycles. The zero-order chi connectivity index (χ0) is 13.5. The fraction of sp³-hybridized carbons (Fsp3) is 0.667. The maximum atomic E-state index is 11.6. The summed E-state index contributed by atoms with van der Waals surface area (Å²) in [6.45, 7) is 4.37. The number of nitrogen functional groups attached to an aromatic ring is 1. The third-order valence-electron chi connectivity index (χ3n) is 3.01. The molecule has 102 valence electrons. The lowest BCUT2D eigenvalue weighted by Gasteiger charge is -2.20. The molecule has 6 heteroatoms. The van der Waals surface area contributed by atoms with Gasteiger partial charge in [-0.1, -0.05) is 26.7 Å². The van der Waals surface area contributed by atoms with E-state index >= 15 is 0 Å². The van der Waals surface area contributed by atoms with Gasteiger partial charge >= 0.3 is 0 Å². The Balaban J connectivity index is 2.32. The first-order valence-corrected chi connectivity index (χ1v) is 7.09. The number of hydrogen-bond donors (Lipinski definition) is 3. The van der Waals surface area contributed by atoms with Crippen LogP contribution in [0.2, 0.25) is 0 Å². The summed E-state index contributed by atoms with van der Waals surface area (Å²) >= 11 is 1.32. The van der Waals surface area contributed by atoms with Crippen LogP contribution in [0.25, 0.3) is 0 Å². The fourth-order valence-electron chi connectivity index (χ4n) is 1.85. The number of thiazole rings is 1. The van der Waals surface area contributed by atoms with Crippen molar-refractivity contribution >= 4 is 22.4 Å². The van der Waals surface area contributed by atoms with Crippen LogP contribution >= 0.6 is 11.3 Å². The van der Waals surface area contributed by atoms with E-state index in [2.05, 4.69) is 10.3 Å². The molecular weight excluding hydrogens is 250 g/mol. The second-order valence-corrected chi connectivity index (χ2v) is 5.19. The molecule has 0 fully saturated rings. The number of nitrogens with zero attached hydrogens (tertiary/aromatic N) is 1. The number of rotatable bonds is 7. The van der Waals surface area contributed by atoms with Crippen LogP contribution in [-0.2, 0) is 11.2 Å². The average Bonchev–Trinajstić information content (AvgIpc) is 2.73. The summed E-state index contributed by atoms with van der Waals surface area (Å²) in [4.78, 5) is 15.6. The first-order valence-electron chi connectivity index (χ1n) is 6.21. The van der Waals surface area contributed by atoms with Crippen LogP contribution in [0.1, 0.15) is 32.4 Å². The summed E-state index contributed by atoms with van der Waals surface area (Å²) in [6.07, 6.45) is 1.56. The molecule has 1 aromatic heterocycles. The summed E-state index contributed by atoms with van der Waals surface area (Å²) in [7, 11) is 0. The lowest BCUT2D eigenvalue weighted by molar-refractivity contribution is -0.121. The Bertz CT molecular complexity index is 377. The van der Waals surface area contributed by atoms with Gasteiger partial charge in [-0.15, -0.1) is 11.3 Å². The highest BCUT2D eigenvalue weighted by molar-refractivity contribution is 7.13. The molecule has 1 amide bonds. The Kier molecular flexibility index (Phi) is 6.07. The highest BCUT2D eigenvalue weighted by Crippen LogP contribution is 2.13. The summed E-state index contributed by atoms with van der Waals surface area (Å²) in [5, 5.41) is 14.8. The molecule has 0 saturated carbocycles. The molecule has 1 atom stereocenters. The zero-order valence-electron chi connectivity index (χ0n) is 10.8. The molecule has 18 heavy (non-hydrogen) atoms. The van der Waals surface area contributed by atoms with E-state index in [0.717, 1.165) is 12.8 Å². The summed E-state index contributed by atoms with van der Waals surface area (Å²) < 4.78 is 0. The molecule has 5 nitrogen and oxygen atoms in total. The van der Waals surface area contributed by atoms with Gasteiger partial charge in [0.05, 0.1) is 18.2 Å². The standard InChI is InChI=1S/C12H21N3O2S/c1-3-8(4-2)10(16)6-14-11(17)5-9-7-18-12(13)15-9/h7-8,10,16H,3-6H2,1-2H3,(H2,13,15)(H,14,17). The van der Waals surface area contributed by atoms with E-state index in [4.69, 9.17) is 5.73 Å². The van der Waals surface area contributed by atoms with Gasteiger partial charge in [0.15, 0.2) is 5.13 Å². The van der Waals surface area contributed by atoms with Crippen LogP contribution < -0.4 is 11.1 Å². The van der Waals surface area contributed by atoms with Crippen molar-refractivity contribution in [1.82, 2.24) is 10.3 Å². The topological polar surface area (TPSA) is 88.2 Å². The highest BCUT2D eigenvalue weighted by atomic mass is 32.1. The molecule has 0 aliphatic rings. The van der Waals surface area contributed by atoms with Crippen molar-refractivity contribution in [2.75, 3.05) is 12.3 Å². The average molecular weight is 271 g/mol. The van der Waals surface area contributed by atoms with E-state index in [1.807, 2.05) is 13.8 Å². The van der Waals surface area contributed by atoms with E-state index in [1.54, 1.807) is 5.38 Å². The van der Waals surface area contributed by atoms with Crippen molar-refractivity contribution in [2.24, 2.45) is 5.92 Å². The van der Waals surface area contributed by atoms with Crippen LogP contribution in [0.15, 0.2) is 5.38 Å². The van der Waals surface area contributed by atoms with Gasteiger partial charge in [0, 0.05) is 11.9 Å². The van der Waals surface area contributed by atoms with Gasteiger partial charge in [-0.3, -0.25) is 4.79 Å². The number of amides is 1. The number of hydrogen-bond acceptors (Lipinski definition) is 5. The number of nitrogens with one attached hydrogen (secondary N) is 1. The van der Waals surface area contributed by atoms with Crippen LogP contribution in [0.3, 0.4) is 0 Å². The molecule has 0 aromatic carbocycles. The molecule has 1 rings (SSSR count). The van der Waals surface area contributed by atoms with Crippen LogP contribution in [0.5, 0.6) is 0 Å². The summed E-state index contributed by atoms with van der Waals surface area (Å²) in [6, 6.07) is 0. The van der Waals surface area contributed by atoms with Crippen LogP contribution in [0.4, 0.5) is 5.13 Å². The van der Waals surface area contributed by atoms with Crippen molar-refractivity contribution in [1.29, 1.82) is 0 Å². The normalized spacial score (nSPS) is 12.7. The maximum absolute atomic E-state index is 11.6. The third kappa shape index (κ3) is 4.62. The van der Waals surface area contributed by atoms with Gasteiger partial charge < -0.3 is 16.2 Å². The van der Waals surface area contributed by atoms with Crippen molar-refractivity contribution in [3.8, 4) is 0 Å². The second-order valence-electron chi connectivity index (χ2n) is 4.30. The Labute approximate surface area is 111 Å². The van der Waals surface area contributed by atoms with Crippen LogP contribution in [0, 0.1) is 5.92 Å². The molecular formula is C12H21N3O2S. The van der Waals surface area contributed by atoms with E-state index in [-0.39, 0.29) is 18.2 Å². The van der Waals surface area contributed by atoms with Crippen molar-refractivity contribution < 1.29 is 9.90 Å². The Morgan fingerprint density at radius 2 is 2.22 bits per heavy atom. The number of aliphatic hydroxyl groups excluding tert-OH is 1. The maximum Gasteiger partial charge on any atom is 0.226 e. The van der Waals surface area contributed by atoms with Gasteiger partial charge in [0.2, 0.25) is 5.91 Å². The lowest BCUT2D eigenvalue weighted by atomic mass is 9.96. The first-order chi connectivity index (χ1) is 8.56. The first kappa shape index (κ1) is 14.9. The van der Waals surface area contributed by atoms with Gasteiger partial charge in [-0.05, 0) is 5.92 Å². The monoisotopic (exact) mass is 271 g/mol. The van der Waals surface area contributed by atoms with Gasteiger partial charge in [0.25, 0.3) is 0 Å². The van der Waals surface area contributed by atoms with E-state index < -0.39 is 6.10 Å². The molecule has 0 saturated heterocycles. The quantitative estimate of drug-likeness (QED) is 0.695. The molecule has 1 aromatic rings. The smallest absolute Gasteiger partial charge is 0.226 e. The summed E-state index contributed by atoms with van der Waals surface area (Å²) in [5.74, 6) is 0.102. The molecule has 1 unspecified atom stereocenters. The highest BCUT2D eigenvalue weighted by Gasteiger charge is 2.16. The SMILES string of the molecule is CCC(CC)C(O)CNC(=O)Cc1csc(N)n1. The van der Waals surface area contributed by atoms with E-state index in [0.29, 0.717) is 17.4 Å². The lowest BCUT2D eigenvalue weighted by Crippen LogP contribution is -2.36. The minimum absolute atomic E-state index is 0.134. The number of aromatic nitrogens is 1. The predicted octanol–water partition coefficient (Wildman–Crippen LogP) is 1.18. The van der Waals surface area contributed by atoms with Crippen molar-refractivity contribution in [3.63, 3.8) is 0 Å². The number of carbonyl (C=O) groups excluding carboxylic acids is 1. The minimum Gasteiger partial charge on any atom is -0.391 e. The third-order valence-corrected chi connectivity index (χ3v) is 3.74. The number of nitrogens with two attached hydrogens (primary N) is 1.